The number of aromatic nitrogens is 1. The Bertz CT molecular complexity index is 457. The second kappa shape index (κ2) is 4.07. The maximum Gasteiger partial charge on any atom is 0.0456 e. The SMILES string of the molecule is Cc1cc2cc(C(C)CCN)ccc2[nH]1. The Morgan fingerprint density at radius 2 is 2.13 bits per heavy atom. The maximum atomic E-state index is 5.58. The molecule has 1 aromatic heterocycles. The molecular weight excluding hydrogens is 184 g/mol. The lowest BCUT2D eigenvalue weighted by Crippen LogP contribution is -2.04. The van der Waals surface area contributed by atoms with Crippen molar-refractivity contribution in [2.24, 2.45) is 5.73 Å². The average Bonchev–Trinajstić information content (AvgIpc) is 2.57. The Labute approximate surface area is 90.5 Å². The van der Waals surface area contributed by atoms with Crippen molar-refractivity contribution in [1.29, 1.82) is 0 Å². The van der Waals surface area contributed by atoms with Crippen LogP contribution in [0.25, 0.3) is 10.9 Å². The van der Waals surface area contributed by atoms with Gasteiger partial charge in [-0.05, 0) is 55.0 Å². The molecule has 0 aliphatic heterocycles. The molecule has 0 spiro atoms. The van der Waals surface area contributed by atoms with Crippen LogP contribution in [0.3, 0.4) is 0 Å². The molecule has 2 nitrogen and oxygen atoms in total. The number of hydrogen-bond acceptors (Lipinski definition) is 1. The van der Waals surface area contributed by atoms with Crippen LogP contribution >= 0.6 is 0 Å². The zero-order valence-corrected chi connectivity index (χ0v) is 9.38. The van der Waals surface area contributed by atoms with Gasteiger partial charge >= 0.3 is 0 Å². The maximum absolute atomic E-state index is 5.58. The van der Waals surface area contributed by atoms with Gasteiger partial charge in [0, 0.05) is 11.2 Å². The summed E-state index contributed by atoms with van der Waals surface area (Å²) in [5.74, 6) is 0.551. The third-order valence-electron chi connectivity index (χ3n) is 2.95. The largest absolute Gasteiger partial charge is 0.359 e. The number of aryl methyl sites for hydroxylation is 1. The van der Waals surface area contributed by atoms with Crippen molar-refractivity contribution in [2.75, 3.05) is 6.54 Å². The standard InChI is InChI=1S/C13H18N2/c1-9(5-6-14)11-3-4-13-12(8-11)7-10(2)15-13/h3-4,7-9,15H,5-6,14H2,1-2H3. The van der Waals surface area contributed by atoms with Gasteiger partial charge < -0.3 is 10.7 Å². The minimum Gasteiger partial charge on any atom is -0.359 e. The second-order valence-electron chi connectivity index (χ2n) is 4.28. The molecule has 80 valence electrons. The Morgan fingerprint density at radius 3 is 2.87 bits per heavy atom. The Hall–Kier alpha value is -1.28. The van der Waals surface area contributed by atoms with E-state index in [-0.39, 0.29) is 0 Å². The number of nitrogens with two attached hydrogens (primary N) is 1. The molecule has 0 aliphatic carbocycles. The number of H-pyrrole nitrogens is 1. The first-order chi connectivity index (χ1) is 7.20. The first-order valence-electron chi connectivity index (χ1n) is 5.50. The summed E-state index contributed by atoms with van der Waals surface area (Å²) in [4.78, 5) is 3.33. The van der Waals surface area contributed by atoms with E-state index in [1.807, 2.05) is 0 Å². The second-order valence-corrected chi connectivity index (χ2v) is 4.28. The van der Waals surface area contributed by atoms with Crippen molar-refractivity contribution in [3.8, 4) is 0 Å². The van der Waals surface area contributed by atoms with Gasteiger partial charge in [-0.15, -0.1) is 0 Å². The van der Waals surface area contributed by atoms with E-state index < -0.39 is 0 Å². The van der Waals surface area contributed by atoms with Crippen molar-refractivity contribution < 1.29 is 0 Å². The molecule has 1 atom stereocenters. The smallest absolute Gasteiger partial charge is 0.0456 e. The molecule has 0 bridgehead atoms. The van der Waals surface area contributed by atoms with E-state index in [4.69, 9.17) is 5.73 Å². The van der Waals surface area contributed by atoms with Gasteiger partial charge in [0.05, 0.1) is 0 Å². The minimum atomic E-state index is 0.551. The van der Waals surface area contributed by atoms with E-state index in [1.165, 1.54) is 22.2 Å². The lowest BCUT2D eigenvalue weighted by Gasteiger charge is -2.10. The molecule has 1 unspecified atom stereocenters. The molecule has 2 heteroatoms. The highest BCUT2D eigenvalue weighted by molar-refractivity contribution is 5.81. The van der Waals surface area contributed by atoms with Crippen LogP contribution in [0, 0.1) is 6.92 Å². The number of fused-ring (bicyclic) bond motifs is 1. The monoisotopic (exact) mass is 202 g/mol. The van der Waals surface area contributed by atoms with Crippen LogP contribution in [0.5, 0.6) is 0 Å². The molecule has 15 heavy (non-hydrogen) atoms. The zero-order valence-electron chi connectivity index (χ0n) is 9.38. The van der Waals surface area contributed by atoms with Crippen LogP contribution in [-0.2, 0) is 0 Å². The summed E-state index contributed by atoms with van der Waals surface area (Å²) in [5.41, 5.74) is 9.39. The summed E-state index contributed by atoms with van der Waals surface area (Å²) in [6.07, 6.45) is 1.05. The summed E-state index contributed by atoms with van der Waals surface area (Å²) in [7, 11) is 0. The van der Waals surface area contributed by atoms with E-state index in [0.29, 0.717) is 5.92 Å². The number of aromatic amines is 1. The molecular formula is C13H18N2. The van der Waals surface area contributed by atoms with Crippen molar-refractivity contribution in [3.63, 3.8) is 0 Å². The normalized spacial score (nSPS) is 13.3. The highest BCUT2D eigenvalue weighted by atomic mass is 14.7. The molecule has 0 saturated carbocycles. The van der Waals surface area contributed by atoms with Crippen molar-refractivity contribution in [1.82, 2.24) is 4.98 Å². The molecule has 0 fully saturated rings. The van der Waals surface area contributed by atoms with Gasteiger partial charge in [-0.1, -0.05) is 13.0 Å². The van der Waals surface area contributed by atoms with Gasteiger partial charge in [0.1, 0.15) is 0 Å². The minimum absolute atomic E-state index is 0.551. The van der Waals surface area contributed by atoms with E-state index in [0.717, 1.165) is 13.0 Å². The van der Waals surface area contributed by atoms with Crippen LogP contribution in [0.1, 0.15) is 30.5 Å². The summed E-state index contributed by atoms with van der Waals surface area (Å²) < 4.78 is 0. The van der Waals surface area contributed by atoms with Gasteiger partial charge in [0.2, 0.25) is 0 Å². The van der Waals surface area contributed by atoms with Gasteiger partial charge in [-0.3, -0.25) is 0 Å². The molecule has 0 radical (unpaired) electrons. The quantitative estimate of drug-likeness (QED) is 0.789. The molecule has 0 saturated heterocycles. The molecule has 0 amide bonds. The highest BCUT2D eigenvalue weighted by Gasteiger charge is 2.06. The zero-order chi connectivity index (χ0) is 10.8. The van der Waals surface area contributed by atoms with E-state index in [2.05, 4.69) is 43.1 Å². The van der Waals surface area contributed by atoms with E-state index in [9.17, 15) is 0 Å². The molecule has 1 aromatic carbocycles. The van der Waals surface area contributed by atoms with Crippen molar-refractivity contribution >= 4 is 10.9 Å². The van der Waals surface area contributed by atoms with Crippen molar-refractivity contribution in [3.05, 3.63) is 35.5 Å². The van der Waals surface area contributed by atoms with Crippen LogP contribution in [0.4, 0.5) is 0 Å². The van der Waals surface area contributed by atoms with Gasteiger partial charge in [0.15, 0.2) is 0 Å². The number of rotatable bonds is 3. The van der Waals surface area contributed by atoms with Gasteiger partial charge in [-0.2, -0.15) is 0 Å². The molecule has 0 aliphatic rings. The fraction of sp³-hybridized carbons (Fsp3) is 0.385. The predicted molar refractivity (Wildman–Crippen MR) is 65.1 cm³/mol. The number of nitrogens with one attached hydrogen (secondary N) is 1. The average molecular weight is 202 g/mol. The lowest BCUT2D eigenvalue weighted by atomic mass is 9.97. The predicted octanol–water partition coefficient (Wildman–Crippen LogP) is 2.93. The third-order valence-corrected chi connectivity index (χ3v) is 2.95. The summed E-state index contributed by atoms with van der Waals surface area (Å²) in [5, 5.41) is 1.30. The fourth-order valence-electron chi connectivity index (χ4n) is 2.02. The van der Waals surface area contributed by atoms with E-state index in [1.54, 1.807) is 0 Å². The third kappa shape index (κ3) is 2.05. The molecule has 2 rings (SSSR count). The summed E-state index contributed by atoms with van der Waals surface area (Å²) in [6.45, 7) is 5.07. The lowest BCUT2D eigenvalue weighted by molar-refractivity contribution is 0.691. The van der Waals surface area contributed by atoms with Crippen LogP contribution in [0.15, 0.2) is 24.3 Å². The highest BCUT2D eigenvalue weighted by Crippen LogP contribution is 2.23. The summed E-state index contributed by atoms with van der Waals surface area (Å²) >= 11 is 0. The first-order valence-corrected chi connectivity index (χ1v) is 5.50. The van der Waals surface area contributed by atoms with Crippen LogP contribution in [0.2, 0.25) is 0 Å². The van der Waals surface area contributed by atoms with Crippen LogP contribution in [-0.4, -0.2) is 11.5 Å². The first kappa shape index (κ1) is 10.2. The number of benzene rings is 1. The molecule has 2 aromatic rings. The Kier molecular flexibility index (Phi) is 2.78. The molecule has 3 N–H and O–H groups in total. The Morgan fingerprint density at radius 1 is 1.33 bits per heavy atom. The fourth-order valence-corrected chi connectivity index (χ4v) is 2.02. The van der Waals surface area contributed by atoms with Crippen LogP contribution < -0.4 is 5.73 Å². The molecule has 1 heterocycles. The van der Waals surface area contributed by atoms with Gasteiger partial charge in [0.25, 0.3) is 0 Å². The number of hydrogen-bond donors (Lipinski definition) is 2. The van der Waals surface area contributed by atoms with E-state index >= 15 is 0 Å². The summed E-state index contributed by atoms with van der Waals surface area (Å²) in [6, 6.07) is 8.80. The Balaban J connectivity index is 2.37. The topological polar surface area (TPSA) is 41.8 Å². The van der Waals surface area contributed by atoms with Crippen molar-refractivity contribution in [2.45, 2.75) is 26.2 Å². The van der Waals surface area contributed by atoms with Gasteiger partial charge in [-0.25, -0.2) is 0 Å².